The smallest absolute Gasteiger partial charge is 0.322 e. The Morgan fingerprint density at radius 2 is 1.15 bits per heavy atom. The van der Waals surface area contributed by atoms with Crippen molar-refractivity contribution in [3.05, 3.63) is 35.9 Å². The molecule has 1 rings (SSSR count). The molecule has 0 fully saturated rings. The summed E-state index contributed by atoms with van der Waals surface area (Å²) in [7, 11) is 0. The van der Waals surface area contributed by atoms with E-state index in [2.05, 4.69) is 31.9 Å². The van der Waals surface area contributed by atoms with Gasteiger partial charge in [0.15, 0.2) is 0 Å². The number of rotatable bonds is 30. The number of ketones is 1. The van der Waals surface area contributed by atoms with Gasteiger partial charge in [0.2, 0.25) is 41.2 Å². The van der Waals surface area contributed by atoms with Crippen molar-refractivity contribution in [2.45, 2.75) is 117 Å². The molecule has 0 radical (unpaired) electrons. The fourth-order valence-corrected chi connectivity index (χ4v) is 6.14. The molecule has 8 amide bonds. The molecule has 23 nitrogen and oxygen atoms in total. The molecular weight excluding hydrogens is 857 g/mol. The first kappa shape index (κ1) is 56.1. The fourth-order valence-electron chi connectivity index (χ4n) is 6.14. The predicted octanol–water partition coefficient (Wildman–Crippen LogP) is -1.31. The first-order valence-corrected chi connectivity index (χ1v) is 21.1. The van der Waals surface area contributed by atoms with Gasteiger partial charge in [0.25, 0.3) is 11.8 Å². The minimum atomic E-state index is -1.58. The van der Waals surface area contributed by atoms with Gasteiger partial charge in [0.1, 0.15) is 30.7 Å². The van der Waals surface area contributed by atoms with E-state index in [1.54, 1.807) is 65.0 Å². The molecule has 0 aliphatic heterocycles. The van der Waals surface area contributed by atoms with E-state index in [0.29, 0.717) is 12.0 Å². The van der Waals surface area contributed by atoms with Crippen LogP contribution >= 0.6 is 0 Å². The van der Waals surface area contributed by atoms with Crippen molar-refractivity contribution in [2.24, 2.45) is 11.8 Å². The summed E-state index contributed by atoms with van der Waals surface area (Å²) in [5.74, 6) is -13.4. The van der Waals surface area contributed by atoms with Crippen LogP contribution in [0.2, 0.25) is 0 Å². The van der Waals surface area contributed by atoms with Gasteiger partial charge in [-0.3, -0.25) is 57.5 Å². The number of hydrogen-bond acceptors (Lipinski definition) is 12. The number of aliphatic carboxylic acids is 3. The summed E-state index contributed by atoms with van der Waals surface area (Å²) in [6.45, 7) is 7.35. The molecule has 65 heavy (non-hydrogen) atoms. The Kier molecular flexibility index (Phi) is 24.8. The Balaban J connectivity index is 3.42. The van der Waals surface area contributed by atoms with E-state index in [0.717, 1.165) is 11.8 Å². The number of carboxylic acids is 3. The maximum absolute atomic E-state index is 14.3. The van der Waals surface area contributed by atoms with Crippen molar-refractivity contribution in [1.29, 1.82) is 0 Å². The molecule has 1 aromatic rings. The van der Waals surface area contributed by atoms with Crippen LogP contribution in [0, 0.1) is 11.8 Å². The molecule has 360 valence electrons. The molecule has 0 aromatic heterocycles. The van der Waals surface area contributed by atoms with Crippen molar-refractivity contribution < 1.29 is 72.9 Å². The van der Waals surface area contributed by atoms with Crippen molar-refractivity contribution >= 4 is 70.9 Å². The van der Waals surface area contributed by atoms with Gasteiger partial charge in [-0.15, -0.1) is 0 Å². The van der Waals surface area contributed by atoms with E-state index in [1.165, 1.54) is 0 Å². The van der Waals surface area contributed by atoms with E-state index >= 15 is 0 Å². The number of carboxylic acid groups (broad SMARTS) is 3. The van der Waals surface area contributed by atoms with Crippen LogP contribution in [0.5, 0.6) is 0 Å². The Morgan fingerprint density at radius 3 is 1.66 bits per heavy atom. The number of carbonyl (C=O) groups is 12. The van der Waals surface area contributed by atoms with Crippen molar-refractivity contribution in [1.82, 2.24) is 42.1 Å². The first-order valence-electron chi connectivity index (χ1n) is 21.1. The van der Waals surface area contributed by atoms with Crippen LogP contribution < -0.4 is 37.2 Å². The molecule has 10 N–H and O–H groups in total. The lowest BCUT2D eigenvalue weighted by molar-refractivity contribution is -0.143. The summed E-state index contributed by atoms with van der Waals surface area (Å²) < 4.78 is 0. The second kappa shape index (κ2) is 28.7. The number of hydrogen-bond donors (Lipinski definition) is 10. The summed E-state index contributed by atoms with van der Waals surface area (Å²) in [6, 6.07) is 1.11. The van der Waals surface area contributed by atoms with Gasteiger partial charge >= 0.3 is 17.9 Å². The topological polar surface area (TPSA) is 353 Å². The first-order chi connectivity index (χ1) is 30.5. The molecule has 5 atom stereocenters. The molecular formula is C42H62N8O15. The Morgan fingerprint density at radius 1 is 0.615 bits per heavy atom. The van der Waals surface area contributed by atoms with Crippen LogP contribution in [0.15, 0.2) is 30.3 Å². The van der Waals surface area contributed by atoms with E-state index in [4.69, 9.17) is 10.2 Å². The van der Waals surface area contributed by atoms with Crippen LogP contribution in [0.4, 0.5) is 0 Å². The maximum Gasteiger partial charge on any atom is 0.322 e. The zero-order valence-electron chi connectivity index (χ0n) is 37.4. The molecule has 0 heterocycles. The van der Waals surface area contributed by atoms with Crippen LogP contribution in [-0.4, -0.2) is 148 Å². The molecule has 0 aliphatic carbocycles. The standard InChI is InChI=1S/C42H62N8O15/c1-7-12-27(36(59)41(64)44-21-33(57)58)46-30(52)22-50(20-11-19-43-37(60)26-13-9-8-10-14-26)42(65)35(24(4)5)49-40(63)34(23(2)3)48-39(62)29(16-18-32(55)56)47-38(61)28(45-25(6)51)15-17-31(53)54/h8-10,13-14,23-24,27-29,34-35H,7,11-12,15-22H2,1-6H3,(H,43,60)(H,44,64)(H,45,51)(H,46,52)(H,47,61)(H,48,62)(H,49,63)(H,53,54)(H,55,56)(H,57,58)/t27-,28-,29-,34-,35-/m0/s1. The molecule has 0 unspecified atom stereocenters. The highest BCUT2D eigenvalue weighted by molar-refractivity contribution is 6.38. The molecule has 0 bridgehead atoms. The van der Waals surface area contributed by atoms with Gasteiger partial charge in [-0.1, -0.05) is 59.2 Å². The van der Waals surface area contributed by atoms with Gasteiger partial charge in [0, 0.05) is 38.4 Å². The Hall–Kier alpha value is -6.94. The molecule has 0 saturated carbocycles. The molecule has 0 aliphatic rings. The molecule has 0 spiro atoms. The van der Waals surface area contributed by atoms with Crippen LogP contribution in [0.1, 0.15) is 96.8 Å². The van der Waals surface area contributed by atoms with E-state index < -0.39 is 145 Å². The average molecular weight is 919 g/mol. The molecule has 1 aromatic carbocycles. The summed E-state index contributed by atoms with van der Waals surface area (Å²) >= 11 is 0. The summed E-state index contributed by atoms with van der Waals surface area (Å²) in [5, 5.41) is 44.2. The van der Waals surface area contributed by atoms with Gasteiger partial charge in [0.05, 0.1) is 12.6 Å². The van der Waals surface area contributed by atoms with E-state index in [1.807, 2.05) is 5.32 Å². The van der Waals surface area contributed by atoms with Crippen LogP contribution in [0.3, 0.4) is 0 Å². The number of nitrogens with one attached hydrogen (secondary N) is 7. The molecule has 23 heteroatoms. The summed E-state index contributed by atoms with van der Waals surface area (Å²) in [5.41, 5.74) is 0.369. The average Bonchev–Trinajstić information content (AvgIpc) is 3.23. The maximum atomic E-state index is 14.3. The van der Waals surface area contributed by atoms with Gasteiger partial charge < -0.3 is 57.4 Å². The molecule has 0 saturated heterocycles. The lowest BCUT2D eigenvalue weighted by Crippen LogP contribution is -2.60. The summed E-state index contributed by atoms with van der Waals surface area (Å²) in [6.07, 6.45) is -1.59. The second-order valence-electron chi connectivity index (χ2n) is 15.7. The highest BCUT2D eigenvalue weighted by Crippen LogP contribution is 2.12. The zero-order chi connectivity index (χ0) is 49.4. The SMILES string of the molecule is CCC[C@H](NC(=O)CN(CCCNC(=O)c1ccccc1)C(=O)[C@@H](NC(=O)[C@@H](NC(=O)[C@H](CCC(=O)O)NC(=O)[C@H](CCC(=O)O)NC(C)=O)C(C)C)C(C)C)C(=O)C(=O)NCC(=O)O. The third kappa shape index (κ3) is 21.3. The number of amides is 8. The van der Waals surface area contributed by atoms with Gasteiger partial charge in [-0.25, -0.2) is 0 Å². The van der Waals surface area contributed by atoms with Crippen molar-refractivity contribution in [2.75, 3.05) is 26.2 Å². The predicted molar refractivity (Wildman–Crippen MR) is 229 cm³/mol. The highest BCUT2D eigenvalue weighted by Gasteiger charge is 2.36. The van der Waals surface area contributed by atoms with Crippen molar-refractivity contribution in [3.8, 4) is 0 Å². The highest BCUT2D eigenvalue weighted by atomic mass is 16.4. The lowest BCUT2D eigenvalue weighted by atomic mass is 9.98. The number of benzene rings is 1. The quantitative estimate of drug-likeness (QED) is 0.0316. The zero-order valence-corrected chi connectivity index (χ0v) is 37.4. The van der Waals surface area contributed by atoms with Crippen molar-refractivity contribution in [3.63, 3.8) is 0 Å². The second-order valence-corrected chi connectivity index (χ2v) is 15.7. The fraction of sp³-hybridized carbons (Fsp3) is 0.571. The van der Waals surface area contributed by atoms with E-state index in [9.17, 15) is 62.6 Å². The Bertz CT molecular complexity index is 1870. The third-order valence-corrected chi connectivity index (χ3v) is 9.52. The van der Waals surface area contributed by atoms with Gasteiger partial charge in [-0.05, 0) is 49.7 Å². The minimum Gasteiger partial charge on any atom is -0.481 e. The van der Waals surface area contributed by atoms with Crippen LogP contribution in [-0.2, 0) is 52.7 Å². The minimum absolute atomic E-state index is 0.0149. The number of Topliss-reactive ketones (excluding diaryl/α,β-unsaturated/α-hetero) is 1. The van der Waals surface area contributed by atoms with E-state index in [-0.39, 0.29) is 32.4 Å². The Labute approximate surface area is 375 Å². The lowest BCUT2D eigenvalue weighted by Gasteiger charge is -2.32. The van der Waals surface area contributed by atoms with Gasteiger partial charge in [-0.2, -0.15) is 0 Å². The largest absolute Gasteiger partial charge is 0.481 e. The van der Waals surface area contributed by atoms with Crippen LogP contribution in [0.25, 0.3) is 0 Å². The normalized spacial score (nSPS) is 13.1. The third-order valence-electron chi connectivity index (χ3n) is 9.52. The number of carbonyl (C=O) groups excluding carboxylic acids is 9. The summed E-state index contributed by atoms with van der Waals surface area (Å²) in [4.78, 5) is 153. The monoisotopic (exact) mass is 918 g/mol. The number of nitrogens with zero attached hydrogens (tertiary/aromatic N) is 1.